The number of rotatable bonds is 2. The number of halogens is 1. The summed E-state index contributed by atoms with van der Waals surface area (Å²) in [6.45, 7) is 1.92. The lowest BCUT2D eigenvalue weighted by atomic mass is 10.4. The molecule has 10 heavy (non-hydrogen) atoms. The van der Waals surface area contributed by atoms with Gasteiger partial charge in [-0.15, -0.1) is 11.3 Å². The molecule has 0 N–H and O–H groups in total. The van der Waals surface area contributed by atoms with Crippen LogP contribution in [0.4, 0.5) is 0 Å². The van der Waals surface area contributed by atoms with Gasteiger partial charge in [-0.1, -0.05) is 15.9 Å². The number of carbonyl (C=O) groups excluding carboxylic acids is 1. The van der Waals surface area contributed by atoms with Gasteiger partial charge in [-0.3, -0.25) is 0 Å². The Morgan fingerprint density at radius 2 is 2.60 bits per heavy atom. The molecular weight excluding hydrogens is 214 g/mol. The van der Waals surface area contributed by atoms with Crippen LogP contribution in [-0.2, 0) is 4.79 Å². The molecule has 1 unspecified atom stereocenters. The fraction of sp³-hybridized carbons (Fsp3) is 0.333. The summed E-state index contributed by atoms with van der Waals surface area (Å²) in [5.41, 5.74) is 0. The van der Waals surface area contributed by atoms with Crippen LogP contribution < -0.4 is 0 Å². The summed E-state index contributed by atoms with van der Waals surface area (Å²) < 4.78 is 0. The molecule has 0 spiro atoms. The lowest BCUT2D eigenvalue weighted by Crippen LogP contribution is -1.83. The van der Waals surface area contributed by atoms with E-state index >= 15 is 0 Å². The minimum absolute atomic E-state index is 0.182. The van der Waals surface area contributed by atoms with Gasteiger partial charge in [-0.25, -0.2) is 4.98 Å². The van der Waals surface area contributed by atoms with E-state index in [2.05, 4.69) is 20.9 Å². The van der Waals surface area contributed by atoms with E-state index in [9.17, 15) is 4.79 Å². The molecule has 0 amide bonds. The molecule has 0 aliphatic heterocycles. The number of aryl methyl sites for hydroxylation is 1. The molecule has 0 aliphatic carbocycles. The summed E-state index contributed by atoms with van der Waals surface area (Å²) >= 11 is 4.73. The first-order chi connectivity index (χ1) is 4.74. The van der Waals surface area contributed by atoms with Crippen molar-refractivity contribution in [2.75, 3.05) is 0 Å². The van der Waals surface area contributed by atoms with Crippen LogP contribution >= 0.6 is 27.3 Å². The molecule has 1 rings (SSSR count). The van der Waals surface area contributed by atoms with Crippen LogP contribution in [0, 0.1) is 6.92 Å². The van der Waals surface area contributed by atoms with Gasteiger partial charge in [-0.2, -0.15) is 0 Å². The quantitative estimate of drug-likeness (QED) is 0.564. The average molecular weight is 220 g/mol. The molecule has 0 bridgehead atoms. The highest BCUT2D eigenvalue weighted by atomic mass is 79.9. The van der Waals surface area contributed by atoms with Crippen molar-refractivity contribution in [1.82, 2.24) is 4.98 Å². The molecule has 2 nitrogen and oxygen atoms in total. The molecule has 0 saturated carbocycles. The number of nitrogens with zero attached hydrogens (tertiary/aromatic N) is 1. The number of hydrogen-bond donors (Lipinski definition) is 0. The SMILES string of the molecule is Cc1ncc(C(Br)C=O)s1. The Hall–Kier alpha value is -0.220. The van der Waals surface area contributed by atoms with Crippen LogP contribution in [0.25, 0.3) is 0 Å². The highest BCUT2D eigenvalue weighted by molar-refractivity contribution is 9.09. The van der Waals surface area contributed by atoms with Crippen molar-refractivity contribution in [3.63, 3.8) is 0 Å². The summed E-state index contributed by atoms with van der Waals surface area (Å²) in [7, 11) is 0. The minimum atomic E-state index is -0.182. The van der Waals surface area contributed by atoms with Crippen LogP contribution in [0.3, 0.4) is 0 Å². The summed E-state index contributed by atoms with van der Waals surface area (Å²) in [4.78, 5) is 15.0. The van der Waals surface area contributed by atoms with Crippen molar-refractivity contribution in [3.05, 3.63) is 16.1 Å². The molecule has 1 atom stereocenters. The normalized spacial score (nSPS) is 13.0. The molecule has 0 fully saturated rings. The third-order valence-electron chi connectivity index (χ3n) is 1.03. The van der Waals surface area contributed by atoms with Crippen molar-refractivity contribution in [1.29, 1.82) is 0 Å². The van der Waals surface area contributed by atoms with Gasteiger partial charge in [0, 0.05) is 11.1 Å². The van der Waals surface area contributed by atoms with Crippen LogP contribution in [0.1, 0.15) is 14.7 Å². The van der Waals surface area contributed by atoms with Gasteiger partial charge in [0.25, 0.3) is 0 Å². The van der Waals surface area contributed by atoms with E-state index in [4.69, 9.17) is 0 Å². The molecule has 1 aromatic rings. The zero-order valence-corrected chi connectivity index (χ0v) is 7.78. The second-order valence-corrected chi connectivity index (χ2v) is 4.07. The number of carbonyl (C=O) groups is 1. The van der Waals surface area contributed by atoms with Gasteiger partial charge in [0.1, 0.15) is 11.1 Å². The van der Waals surface area contributed by atoms with Crippen molar-refractivity contribution in [3.8, 4) is 0 Å². The molecule has 0 saturated heterocycles. The van der Waals surface area contributed by atoms with Gasteiger partial charge in [-0.05, 0) is 6.92 Å². The Balaban J connectivity index is 2.84. The first-order valence-corrected chi connectivity index (χ1v) is 4.49. The van der Waals surface area contributed by atoms with Crippen molar-refractivity contribution in [2.45, 2.75) is 11.8 Å². The average Bonchev–Trinajstić information content (AvgIpc) is 2.34. The van der Waals surface area contributed by atoms with Gasteiger partial charge in [0.05, 0.1) is 5.01 Å². The molecular formula is C6H6BrNOS. The molecule has 0 aromatic carbocycles. The Morgan fingerprint density at radius 1 is 1.90 bits per heavy atom. The fourth-order valence-electron chi connectivity index (χ4n) is 0.572. The lowest BCUT2D eigenvalue weighted by molar-refractivity contribution is -0.107. The van der Waals surface area contributed by atoms with Gasteiger partial charge in [0.2, 0.25) is 0 Å². The smallest absolute Gasteiger partial charge is 0.138 e. The Bertz CT molecular complexity index is 235. The summed E-state index contributed by atoms with van der Waals surface area (Å²) in [5.74, 6) is 0. The van der Waals surface area contributed by atoms with Crippen molar-refractivity contribution >= 4 is 33.6 Å². The third-order valence-corrected chi connectivity index (χ3v) is 3.04. The number of hydrogen-bond acceptors (Lipinski definition) is 3. The Morgan fingerprint density at radius 3 is 3.00 bits per heavy atom. The van der Waals surface area contributed by atoms with E-state index in [1.54, 1.807) is 6.20 Å². The minimum Gasteiger partial charge on any atom is -0.302 e. The molecule has 0 radical (unpaired) electrons. The van der Waals surface area contributed by atoms with Crippen LogP contribution in [0.15, 0.2) is 6.20 Å². The highest BCUT2D eigenvalue weighted by Crippen LogP contribution is 2.25. The predicted molar refractivity (Wildman–Crippen MR) is 44.6 cm³/mol. The fourth-order valence-corrected chi connectivity index (χ4v) is 1.69. The highest BCUT2D eigenvalue weighted by Gasteiger charge is 2.07. The second-order valence-electron chi connectivity index (χ2n) is 1.82. The maximum atomic E-state index is 10.2. The van der Waals surface area contributed by atoms with E-state index < -0.39 is 0 Å². The first-order valence-electron chi connectivity index (χ1n) is 2.75. The zero-order valence-electron chi connectivity index (χ0n) is 5.37. The van der Waals surface area contributed by atoms with E-state index in [1.807, 2.05) is 6.92 Å². The number of aromatic nitrogens is 1. The predicted octanol–water partition coefficient (Wildman–Crippen LogP) is 2.09. The van der Waals surface area contributed by atoms with E-state index in [1.165, 1.54) is 11.3 Å². The Labute approximate surface area is 71.4 Å². The van der Waals surface area contributed by atoms with Gasteiger partial charge < -0.3 is 4.79 Å². The maximum Gasteiger partial charge on any atom is 0.138 e. The molecule has 1 heterocycles. The van der Waals surface area contributed by atoms with Crippen LogP contribution in [0.2, 0.25) is 0 Å². The van der Waals surface area contributed by atoms with Gasteiger partial charge in [0.15, 0.2) is 0 Å². The van der Waals surface area contributed by atoms with Crippen molar-refractivity contribution < 1.29 is 4.79 Å². The first kappa shape index (κ1) is 7.88. The van der Waals surface area contributed by atoms with Crippen LogP contribution in [0.5, 0.6) is 0 Å². The standard InChI is InChI=1S/C6H6BrNOS/c1-4-8-2-6(10-4)5(7)3-9/h2-3,5H,1H3. The largest absolute Gasteiger partial charge is 0.302 e. The number of aldehydes is 1. The zero-order chi connectivity index (χ0) is 7.56. The lowest BCUT2D eigenvalue weighted by Gasteiger charge is -1.91. The molecule has 1 aromatic heterocycles. The van der Waals surface area contributed by atoms with Gasteiger partial charge >= 0.3 is 0 Å². The second kappa shape index (κ2) is 3.25. The topological polar surface area (TPSA) is 30.0 Å². The number of thiazole rings is 1. The maximum absolute atomic E-state index is 10.2. The number of alkyl halides is 1. The third kappa shape index (κ3) is 1.64. The summed E-state index contributed by atoms with van der Waals surface area (Å²) in [6.07, 6.45) is 2.57. The summed E-state index contributed by atoms with van der Waals surface area (Å²) in [5, 5.41) is 0.987. The monoisotopic (exact) mass is 219 g/mol. The molecule has 4 heteroatoms. The Kier molecular flexibility index (Phi) is 2.56. The van der Waals surface area contributed by atoms with E-state index in [0.29, 0.717) is 0 Å². The summed E-state index contributed by atoms with van der Waals surface area (Å²) in [6, 6.07) is 0. The van der Waals surface area contributed by atoms with E-state index in [0.717, 1.165) is 16.2 Å². The van der Waals surface area contributed by atoms with Crippen molar-refractivity contribution in [2.24, 2.45) is 0 Å². The molecule has 0 aliphatic rings. The molecule has 54 valence electrons. The van der Waals surface area contributed by atoms with Crippen LogP contribution in [-0.4, -0.2) is 11.3 Å². The van der Waals surface area contributed by atoms with E-state index in [-0.39, 0.29) is 4.83 Å².